The van der Waals surface area contributed by atoms with E-state index in [4.69, 9.17) is 9.52 Å². The molecule has 0 saturated heterocycles. The van der Waals surface area contributed by atoms with Crippen LogP contribution in [0.4, 0.5) is 0 Å². The predicted octanol–water partition coefficient (Wildman–Crippen LogP) is 4.82. The average molecular weight is 327 g/mol. The number of carboxylic acids is 1. The summed E-state index contributed by atoms with van der Waals surface area (Å²) in [5, 5.41) is 11.0. The molecular formula is C18H17NO3S. The molecule has 3 aromatic rings. The van der Waals surface area contributed by atoms with Crippen LogP contribution in [-0.4, -0.2) is 16.1 Å². The van der Waals surface area contributed by atoms with Crippen LogP contribution < -0.4 is 0 Å². The highest BCUT2D eigenvalue weighted by Crippen LogP contribution is 2.33. The zero-order valence-corrected chi connectivity index (χ0v) is 13.8. The second-order valence-corrected chi connectivity index (χ2v) is 6.57. The molecule has 118 valence electrons. The number of aromatic nitrogens is 1. The van der Waals surface area contributed by atoms with Crippen LogP contribution >= 0.6 is 11.3 Å². The zero-order valence-electron chi connectivity index (χ0n) is 12.9. The first-order valence-corrected chi connectivity index (χ1v) is 8.28. The van der Waals surface area contributed by atoms with E-state index in [-0.39, 0.29) is 6.42 Å². The number of thiophene rings is 1. The number of hydrogen-bond donors (Lipinski definition) is 1. The summed E-state index contributed by atoms with van der Waals surface area (Å²) < 4.78 is 5.88. The molecule has 0 bridgehead atoms. The van der Waals surface area contributed by atoms with Crippen LogP contribution in [-0.2, 0) is 11.2 Å². The van der Waals surface area contributed by atoms with Gasteiger partial charge in [-0.05, 0) is 35.1 Å². The lowest BCUT2D eigenvalue weighted by molar-refractivity contribution is -0.136. The summed E-state index contributed by atoms with van der Waals surface area (Å²) in [6.07, 6.45) is -0.152. The summed E-state index contributed by atoms with van der Waals surface area (Å²) in [6, 6.07) is 11.8. The first kappa shape index (κ1) is 15.5. The van der Waals surface area contributed by atoms with Gasteiger partial charge < -0.3 is 9.52 Å². The summed E-state index contributed by atoms with van der Waals surface area (Å²) in [6.45, 7) is 4.28. The molecule has 5 heteroatoms. The molecule has 3 rings (SSSR count). The minimum atomic E-state index is -0.919. The van der Waals surface area contributed by atoms with Crippen LogP contribution in [0.15, 0.2) is 46.2 Å². The summed E-state index contributed by atoms with van der Waals surface area (Å²) in [7, 11) is 0. The van der Waals surface area contributed by atoms with Gasteiger partial charge in [-0.25, -0.2) is 4.98 Å². The first-order valence-electron chi connectivity index (χ1n) is 7.40. The number of aliphatic carboxylic acids is 1. The van der Waals surface area contributed by atoms with E-state index in [0.29, 0.717) is 23.3 Å². The number of carbonyl (C=O) groups is 1. The molecule has 0 unspecified atom stereocenters. The Hall–Kier alpha value is -2.40. The van der Waals surface area contributed by atoms with Crippen molar-refractivity contribution in [3.63, 3.8) is 0 Å². The van der Waals surface area contributed by atoms with Crippen molar-refractivity contribution in [3.8, 4) is 22.1 Å². The van der Waals surface area contributed by atoms with Crippen molar-refractivity contribution in [2.45, 2.75) is 26.2 Å². The first-order chi connectivity index (χ1) is 11.0. The van der Waals surface area contributed by atoms with Gasteiger partial charge in [-0.15, -0.1) is 11.3 Å². The lowest BCUT2D eigenvalue weighted by Gasteiger charge is -2.04. The van der Waals surface area contributed by atoms with Gasteiger partial charge in [0.05, 0.1) is 17.0 Å². The highest BCUT2D eigenvalue weighted by Gasteiger charge is 2.19. The van der Waals surface area contributed by atoms with Crippen molar-refractivity contribution in [1.29, 1.82) is 0 Å². The number of benzene rings is 1. The van der Waals surface area contributed by atoms with E-state index in [1.165, 1.54) is 16.9 Å². The molecule has 0 amide bonds. The van der Waals surface area contributed by atoms with Gasteiger partial charge >= 0.3 is 5.97 Å². The topological polar surface area (TPSA) is 63.3 Å². The minimum Gasteiger partial charge on any atom is -0.481 e. The molecule has 0 fully saturated rings. The van der Waals surface area contributed by atoms with Gasteiger partial charge in [0.1, 0.15) is 0 Å². The number of oxazole rings is 1. The third-order valence-corrected chi connectivity index (χ3v) is 4.45. The van der Waals surface area contributed by atoms with E-state index in [9.17, 15) is 4.79 Å². The van der Waals surface area contributed by atoms with Gasteiger partial charge in [0.25, 0.3) is 0 Å². The Labute approximate surface area is 138 Å². The maximum absolute atomic E-state index is 11.1. The van der Waals surface area contributed by atoms with Gasteiger partial charge in [0.2, 0.25) is 5.89 Å². The monoisotopic (exact) mass is 327 g/mol. The molecule has 1 N–H and O–H groups in total. The molecule has 0 saturated carbocycles. The van der Waals surface area contributed by atoms with Gasteiger partial charge in [0, 0.05) is 5.56 Å². The lowest BCUT2D eigenvalue weighted by atomic mass is 10.0. The molecule has 23 heavy (non-hydrogen) atoms. The predicted molar refractivity (Wildman–Crippen MR) is 90.7 cm³/mol. The van der Waals surface area contributed by atoms with Gasteiger partial charge in [-0.3, -0.25) is 4.79 Å². The summed E-state index contributed by atoms with van der Waals surface area (Å²) in [5.74, 6) is 0.543. The number of nitrogens with zero attached hydrogens (tertiary/aromatic N) is 1. The van der Waals surface area contributed by atoms with Crippen molar-refractivity contribution in [2.24, 2.45) is 0 Å². The highest BCUT2D eigenvalue weighted by atomic mass is 32.1. The van der Waals surface area contributed by atoms with Gasteiger partial charge in [-0.2, -0.15) is 0 Å². The normalized spacial score (nSPS) is 11.1. The van der Waals surface area contributed by atoms with E-state index in [2.05, 4.69) is 18.8 Å². The third-order valence-electron chi connectivity index (χ3n) is 3.59. The molecule has 2 aromatic heterocycles. The Morgan fingerprint density at radius 1 is 1.26 bits per heavy atom. The zero-order chi connectivity index (χ0) is 16.4. The molecule has 4 nitrogen and oxygen atoms in total. The van der Waals surface area contributed by atoms with Crippen molar-refractivity contribution in [2.75, 3.05) is 0 Å². The van der Waals surface area contributed by atoms with Crippen LogP contribution in [0.5, 0.6) is 0 Å². The van der Waals surface area contributed by atoms with Crippen molar-refractivity contribution < 1.29 is 14.3 Å². The minimum absolute atomic E-state index is 0.152. The van der Waals surface area contributed by atoms with E-state index in [0.717, 1.165) is 10.4 Å². The molecule has 0 aliphatic heterocycles. The van der Waals surface area contributed by atoms with Crippen molar-refractivity contribution >= 4 is 17.3 Å². The number of hydrogen-bond acceptors (Lipinski definition) is 4. The molecule has 0 radical (unpaired) electrons. The van der Waals surface area contributed by atoms with E-state index < -0.39 is 5.97 Å². The van der Waals surface area contributed by atoms with E-state index in [1.54, 1.807) is 0 Å². The van der Waals surface area contributed by atoms with Gasteiger partial charge in [-0.1, -0.05) is 32.0 Å². The summed E-state index contributed by atoms with van der Waals surface area (Å²) >= 11 is 1.51. The molecule has 0 spiro atoms. The Morgan fingerprint density at radius 3 is 2.57 bits per heavy atom. The van der Waals surface area contributed by atoms with Crippen LogP contribution in [0, 0.1) is 0 Å². The van der Waals surface area contributed by atoms with Crippen molar-refractivity contribution in [3.05, 3.63) is 53.0 Å². The Bertz CT molecular complexity index is 801. The second-order valence-electron chi connectivity index (χ2n) is 5.62. The maximum Gasteiger partial charge on any atom is 0.309 e. The number of rotatable bonds is 5. The summed E-state index contributed by atoms with van der Waals surface area (Å²) in [4.78, 5) is 16.4. The lowest BCUT2D eigenvalue weighted by Crippen LogP contribution is -2.01. The van der Waals surface area contributed by atoms with Crippen LogP contribution in [0.2, 0.25) is 0 Å². The largest absolute Gasteiger partial charge is 0.481 e. The Morgan fingerprint density at radius 2 is 2.00 bits per heavy atom. The van der Waals surface area contributed by atoms with Gasteiger partial charge in [0.15, 0.2) is 5.76 Å². The molecular weight excluding hydrogens is 310 g/mol. The number of carboxylic acid groups (broad SMARTS) is 1. The quantitative estimate of drug-likeness (QED) is 0.729. The van der Waals surface area contributed by atoms with E-state index in [1.807, 2.05) is 41.8 Å². The summed E-state index contributed by atoms with van der Waals surface area (Å²) in [5.41, 5.74) is 2.55. The molecule has 2 heterocycles. The standard InChI is InChI=1S/C18H17NO3S/c1-11(2)12-5-7-13(8-6-12)18-19-14(10-16(20)21)17(22-18)15-4-3-9-23-15/h3-9,11H,10H2,1-2H3,(H,20,21). The molecule has 1 aromatic carbocycles. The van der Waals surface area contributed by atoms with Crippen LogP contribution in [0.3, 0.4) is 0 Å². The van der Waals surface area contributed by atoms with Crippen LogP contribution in [0.25, 0.3) is 22.1 Å². The fraction of sp³-hybridized carbons (Fsp3) is 0.222. The van der Waals surface area contributed by atoms with Crippen molar-refractivity contribution in [1.82, 2.24) is 4.98 Å². The Kier molecular flexibility index (Phi) is 4.30. The fourth-order valence-corrected chi connectivity index (χ4v) is 3.08. The van der Waals surface area contributed by atoms with E-state index >= 15 is 0 Å². The third kappa shape index (κ3) is 3.35. The maximum atomic E-state index is 11.1. The smallest absolute Gasteiger partial charge is 0.309 e. The fourth-order valence-electron chi connectivity index (χ4n) is 2.35. The SMILES string of the molecule is CC(C)c1ccc(-c2nc(CC(=O)O)c(-c3cccs3)o2)cc1. The highest BCUT2D eigenvalue weighted by molar-refractivity contribution is 7.13. The molecule has 0 aliphatic carbocycles. The second kappa shape index (κ2) is 6.38. The average Bonchev–Trinajstić information content (AvgIpc) is 3.16. The van der Waals surface area contributed by atoms with Crippen LogP contribution in [0.1, 0.15) is 31.0 Å². The molecule has 0 aliphatic rings. The Balaban J connectivity index is 2.01. The molecule has 0 atom stereocenters.